The van der Waals surface area contributed by atoms with Crippen LogP contribution in [0.5, 0.6) is 0 Å². The van der Waals surface area contributed by atoms with Gasteiger partial charge in [-0.15, -0.1) is 0 Å². The molecule has 11 nitrogen and oxygen atoms in total. The molecule has 3 amide bonds. The molecule has 12 heteroatoms. The van der Waals surface area contributed by atoms with Gasteiger partial charge in [0.1, 0.15) is 17.6 Å². The summed E-state index contributed by atoms with van der Waals surface area (Å²) >= 11 is 0. The van der Waals surface area contributed by atoms with E-state index in [1.165, 1.54) is 6.26 Å². The van der Waals surface area contributed by atoms with Crippen molar-refractivity contribution in [2.75, 3.05) is 39.0 Å². The third-order valence-electron chi connectivity index (χ3n) is 9.48. The largest absolute Gasteiger partial charge is 0.465 e. The Bertz CT molecular complexity index is 1600. The molecule has 2 fully saturated rings. The summed E-state index contributed by atoms with van der Waals surface area (Å²) in [5, 5.41) is 3.04. The lowest BCUT2D eigenvalue weighted by Gasteiger charge is -2.31. The van der Waals surface area contributed by atoms with Gasteiger partial charge in [0.2, 0.25) is 11.8 Å². The van der Waals surface area contributed by atoms with Gasteiger partial charge in [-0.3, -0.25) is 24.1 Å². The first-order chi connectivity index (χ1) is 22.3. The quantitative estimate of drug-likeness (QED) is 0.491. The average molecular weight is 669 g/mol. The van der Waals surface area contributed by atoms with Crippen molar-refractivity contribution in [3.8, 4) is 0 Å². The van der Waals surface area contributed by atoms with Crippen molar-refractivity contribution < 1.29 is 32.0 Å². The summed E-state index contributed by atoms with van der Waals surface area (Å²) in [6.07, 6.45) is 5.81. The van der Waals surface area contributed by atoms with Crippen LogP contribution < -0.4 is 5.32 Å². The number of rotatable bonds is 6. The summed E-state index contributed by atoms with van der Waals surface area (Å²) in [6, 6.07) is 5.85. The fourth-order valence-corrected chi connectivity index (χ4v) is 7.75. The molecule has 1 aromatic carbocycles. The number of amides is 3. The molecule has 3 heterocycles. The van der Waals surface area contributed by atoms with Gasteiger partial charge in [-0.05, 0) is 69.2 Å². The molecule has 5 rings (SSSR count). The van der Waals surface area contributed by atoms with Crippen LogP contribution in [0.2, 0.25) is 0 Å². The van der Waals surface area contributed by atoms with E-state index in [9.17, 15) is 27.6 Å². The summed E-state index contributed by atoms with van der Waals surface area (Å²) in [5.74, 6) is 0.333. The maximum Gasteiger partial charge on any atom is 0.258 e. The second-order valence-corrected chi connectivity index (χ2v) is 15.7. The molecule has 0 unspecified atom stereocenters. The number of furan rings is 1. The first-order valence-electron chi connectivity index (χ1n) is 16.9. The molecule has 256 valence electrons. The molecule has 3 aliphatic rings. The molecule has 2 atom stereocenters. The van der Waals surface area contributed by atoms with Crippen molar-refractivity contribution >= 4 is 33.3 Å². The minimum absolute atomic E-state index is 0.000476. The number of fused-ring (bicyclic) bond motifs is 3. The molecule has 0 spiro atoms. The first-order valence-corrected chi connectivity index (χ1v) is 18.8. The van der Waals surface area contributed by atoms with Gasteiger partial charge >= 0.3 is 0 Å². The number of benzene rings is 1. The highest BCUT2D eigenvalue weighted by molar-refractivity contribution is 7.90. The van der Waals surface area contributed by atoms with E-state index < -0.39 is 15.9 Å². The number of ketones is 1. The fourth-order valence-electron chi connectivity index (χ4n) is 7.12. The van der Waals surface area contributed by atoms with Crippen LogP contribution in [-0.2, 0) is 32.4 Å². The Kier molecular flexibility index (Phi) is 10.9. The molecule has 2 bridgehead atoms. The highest BCUT2D eigenvalue weighted by atomic mass is 32.2. The summed E-state index contributed by atoms with van der Waals surface area (Å²) in [7, 11) is -3.28. The van der Waals surface area contributed by atoms with E-state index in [0.717, 1.165) is 31.5 Å². The number of aryl methyl sites for hydroxylation is 2. The number of carbonyl (C=O) groups excluding carboxylic acids is 4. The third kappa shape index (κ3) is 8.14. The van der Waals surface area contributed by atoms with Crippen molar-refractivity contribution in [3.05, 3.63) is 52.5 Å². The molecule has 2 saturated heterocycles. The highest BCUT2D eigenvalue weighted by Crippen LogP contribution is 2.33. The topological polar surface area (TPSA) is 137 Å². The van der Waals surface area contributed by atoms with E-state index in [4.69, 9.17) is 4.42 Å². The molecule has 0 saturated carbocycles. The Morgan fingerprint density at radius 1 is 0.979 bits per heavy atom. The number of likely N-dealkylation sites (tertiary alicyclic amines) is 1. The second kappa shape index (κ2) is 14.7. The smallest absolute Gasteiger partial charge is 0.258 e. The van der Waals surface area contributed by atoms with Gasteiger partial charge in [-0.2, -0.15) is 0 Å². The lowest BCUT2D eigenvalue weighted by molar-refractivity contribution is -0.134. The predicted octanol–water partition coefficient (Wildman–Crippen LogP) is 3.77. The van der Waals surface area contributed by atoms with Crippen LogP contribution >= 0.6 is 0 Å². The standard InChI is InChI=1S/C35H48N4O7S/c1-23(2)19-31(41)38-18-8-17-37(21-25-11-13-27(14-12-25)47(4,44)45)16-6-5-15-36-34(42)28-20-26(38)22-39(28)35(43)32-24(3)46-30-10-7-9-29(40)33(30)32/h11-14,23,26,28H,5-10,15-22H2,1-4H3,(H,36,42)/t26-,28-/m0/s1. The van der Waals surface area contributed by atoms with Crippen molar-refractivity contribution in [1.29, 1.82) is 0 Å². The Morgan fingerprint density at radius 3 is 2.40 bits per heavy atom. The van der Waals surface area contributed by atoms with Gasteiger partial charge in [0.25, 0.3) is 5.91 Å². The number of hydrogen-bond donors (Lipinski definition) is 1. The van der Waals surface area contributed by atoms with E-state index in [1.54, 1.807) is 24.0 Å². The van der Waals surface area contributed by atoms with Gasteiger partial charge in [-0.25, -0.2) is 8.42 Å². The first kappa shape index (κ1) is 34.8. The van der Waals surface area contributed by atoms with Crippen molar-refractivity contribution in [2.24, 2.45) is 5.92 Å². The molecule has 2 aromatic rings. The lowest BCUT2D eigenvalue weighted by Crippen LogP contribution is -2.46. The van der Waals surface area contributed by atoms with Gasteiger partial charge in [0, 0.05) is 58.2 Å². The fraction of sp³-hybridized carbons (Fsp3) is 0.600. The van der Waals surface area contributed by atoms with Crippen molar-refractivity contribution in [2.45, 2.75) is 95.7 Å². The predicted molar refractivity (Wildman–Crippen MR) is 177 cm³/mol. The molecule has 1 N–H and O–H groups in total. The number of carbonyl (C=O) groups is 4. The molecule has 2 aliphatic heterocycles. The van der Waals surface area contributed by atoms with Crippen LogP contribution in [0.25, 0.3) is 0 Å². The molecule has 47 heavy (non-hydrogen) atoms. The number of hydrogen-bond acceptors (Lipinski definition) is 8. The maximum absolute atomic E-state index is 14.2. The molecular weight excluding hydrogens is 620 g/mol. The Hall–Kier alpha value is -3.51. The SMILES string of the molecule is Cc1oc2c(c1C(=O)N1C[C@@H]3C[C@H]1C(=O)NCCCCN(Cc1ccc(S(C)(=O)=O)cc1)CCCN3C(=O)CC(C)C)C(=O)CCC2. The van der Waals surface area contributed by atoms with Gasteiger partial charge in [0.05, 0.1) is 22.1 Å². The van der Waals surface area contributed by atoms with Crippen LogP contribution in [0.3, 0.4) is 0 Å². The van der Waals surface area contributed by atoms with E-state index in [0.29, 0.717) is 75.2 Å². The van der Waals surface area contributed by atoms with Crippen molar-refractivity contribution in [1.82, 2.24) is 20.0 Å². The normalized spacial score (nSPS) is 21.8. The van der Waals surface area contributed by atoms with Crippen LogP contribution in [-0.4, -0.2) is 97.7 Å². The second-order valence-electron chi connectivity index (χ2n) is 13.7. The molecule has 1 aromatic heterocycles. The maximum atomic E-state index is 14.2. The highest BCUT2D eigenvalue weighted by Gasteiger charge is 2.45. The summed E-state index contributed by atoms with van der Waals surface area (Å²) in [6.45, 7) is 8.97. The lowest BCUT2D eigenvalue weighted by atomic mass is 9.93. The zero-order chi connectivity index (χ0) is 33.9. The molecule has 1 aliphatic carbocycles. The van der Waals surface area contributed by atoms with Gasteiger partial charge in [-0.1, -0.05) is 26.0 Å². The number of nitrogens with zero attached hydrogens (tertiary/aromatic N) is 3. The minimum Gasteiger partial charge on any atom is -0.465 e. The van der Waals surface area contributed by atoms with Crippen LogP contribution in [0.4, 0.5) is 0 Å². The average Bonchev–Trinajstić information content (AvgIpc) is 3.59. The van der Waals surface area contributed by atoms with Crippen LogP contribution in [0.15, 0.2) is 33.6 Å². The van der Waals surface area contributed by atoms with E-state index in [-0.39, 0.29) is 52.5 Å². The van der Waals surface area contributed by atoms with Crippen LogP contribution in [0.1, 0.15) is 96.6 Å². The zero-order valence-corrected chi connectivity index (χ0v) is 28.9. The summed E-state index contributed by atoms with van der Waals surface area (Å²) in [4.78, 5) is 60.5. The molecular formula is C35H48N4O7S. The minimum atomic E-state index is -3.28. The monoisotopic (exact) mass is 668 g/mol. The summed E-state index contributed by atoms with van der Waals surface area (Å²) in [5.41, 5.74) is 1.61. The van der Waals surface area contributed by atoms with Gasteiger partial charge < -0.3 is 19.5 Å². The van der Waals surface area contributed by atoms with Crippen LogP contribution in [0, 0.1) is 12.8 Å². The summed E-state index contributed by atoms with van der Waals surface area (Å²) < 4.78 is 29.7. The van der Waals surface area contributed by atoms with E-state index >= 15 is 0 Å². The van der Waals surface area contributed by atoms with E-state index in [2.05, 4.69) is 10.2 Å². The third-order valence-corrected chi connectivity index (χ3v) is 10.6. The number of sulfone groups is 1. The molecule has 0 radical (unpaired) electrons. The Labute approximate surface area is 277 Å². The van der Waals surface area contributed by atoms with Crippen molar-refractivity contribution in [3.63, 3.8) is 0 Å². The number of Topliss-reactive ketones (excluding diaryl/α,β-unsaturated/α-hetero) is 1. The van der Waals surface area contributed by atoms with E-state index in [1.807, 2.05) is 30.9 Å². The zero-order valence-electron chi connectivity index (χ0n) is 28.0. The van der Waals surface area contributed by atoms with Gasteiger partial charge in [0.15, 0.2) is 15.6 Å². The Morgan fingerprint density at radius 2 is 1.70 bits per heavy atom. The Balaban J connectivity index is 1.38. The number of nitrogens with one attached hydrogen (secondary N) is 1.